The molecule has 0 aliphatic heterocycles. The second-order valence-electron chi connectivity index (χ2n) is 5.62. The maximum absolute atomic E-state index is 11.7. The summed E-state index contributed by atoms with van der Waals surface area (Å²) in [6, 6.07) is 0. The van der Waals surface area contributed by atoms with E-state index in [-0.39, 0.29) is 23.8 Å². The molecule has 111 valence electrons. The van der Waals surface area contributed by atoms with E-state index in [2.05, 4.69) is 6.92 Å². The summed E-state index contributed by atoms with van der Waals surface area (Å²) in [5.41, 5.74) is 0. The van der Waals surface area contributed by atoms with Crippen molar-refractivity contribution in [2.24, 2.45) is 11.8 Å². The van der Waals surface area contributed by atoms with E-state index in [4.69, 9.17) is 6.15 Å². The van der Waals surface area contributed by atoms with Crippen molar-refractivity contribution in [3.05, 3.63) is 0 Å². The summed E-state index contributed by atoms with van der Waals surface area (Å²) in [4.78, 5) is 23.3. The molecule has 0 saturated heterocycles. The molecule has 0 saturated carbocycles. The first kappa shape index (κ1) is 18.7. The van der Waals surface area contributed by atoms with E-state index >= 15 is 0 Å². The SMILES string of the molecule is CCC[CH2][Sn]([O]C(=O)CC(C)C)[O]C(=O)CC(C)C. The molecule has 0 fully saturated rings. The van der Waals surface area contributed by atoms with Crippen molar-refractivity contribution in [1.82, 2.24) is 0 Å². The molecular weight excluding hydrogens is 351 g/mol. The van der Waals surface area contributed by atoms with E-state index < -0.39 is 20.6 Å². The van der Waals surface area contributed by atoms with Gasteiger partial charge in [0, 0.05) is 0 Å². The summed E-state index contributed by atoms with van der Waals surface area (Å²) in [6.45, 7) is 9.97. The van der Waals surface area contributed by atoms with Crippen LogP contribution in [0.1, 0.15) is 60.3 Å². The zero-order valence-electron chi connectivity index (χ0n) is 12.8. The van der Waals surface area contributed by atoms with E-state index in [9.17, 15) is 9.59 Å². The molecule has 0 aromatic heterocycles. The van der Waals surface area contributed by atoms with Gasteiger partial charge in [0.1, 0.15) is 0 Å². The Bertz CT molecular complexity index is 253. The van der Waals surface area contributed by atoms with Crippen LogP contribution >= 0.6 is 0 Å². The molecule has 0 aliphatic rings. The Kier molecular flexibility index (Phi) is 10.4. The van der Waals surface area contributed by atoms with Gasteiger partial charge in [0.05, 0.1) is 0 Å². The van der Waals surface area contributed by atoms with Crippen molar-refractivity contribution >= 4 is 32.5 Å². The molecule has 0 aliphatic carbocycles. The van der Waals surface area contributed by atoms with Crippen LogP contribution in [-0.2, 0) is 15.7 Å². The van der Waals surface area contributed by atoms with E-state index in [1.54, 1.807) is 0 Å². The van der Waals surface area contributed by atoms with Gasteiger partial charge >= 0.3 is 125 Å². The monoisotopic (exact) mass is 379 g/mol. The average molecular weight is 378 g/mol. The summed E-state index contributed by atoms with van der Waals surface area (Å²) in [7, 11) is 0. The molecule has 1 radical (unpaired) electrons. The molecule has 5 heteroatoms. The summed E-state index contributed by atoms with van der Waals surface area (Å²) < 4.78 is 11.6. The first-order valence-electron chi connectivity index (χ1n) is 7.12. The van der Waals surface area contributed by atoms with E-state index in [1.807, 2.05) is 27.7 Å². The van der Waals surface area contributed by atoms with Crippen molar-refractivity contribution in [3.63, 3.8) is 0 Å². The van der Waals surface area contributed by atoms with Gasteiger partial charge in [-0.05, 0) is 0 Å². The molecule has 0 amide bonds. The van der Waals surface area contributed by atoms with E-state index in [0.29, 0.717) is 12.8 Å². The zero-order valence-corrected chi connectivity index (χ0v) is 15.7. The molecule has 0 unspecified atom stereocenters. The van der Waals surface area contributed by atoms with Gasteiger partial charge in [0.2, 0.25) is 0 Å². The van der Waals surface area contributed by atoms with Gasteiger partial charge in [0.15, 0.2) is 0 Å². The topological polar surface area (TPSA) is 52.6 Å². The molecule has 4 nitrogen and oxygen atoms in total. The predicted molar refractivity (Wildman–Crippen MR) is 76.6 cm³/mol. The molecule has 0 atom stereocenters. The third-order valence-corrected chi connectivity index (χ3v) is 7.11. The van der Waals surface area contributed by atoms with Crippen LogP contribution in [0.5, 0.6) is 0 Å². The van der Waals surface area contributed by atoms with Crippen molar-refractivity contribution in [2.45, 2.75) is 64.7 Å². The van der Waals surface area contributed by atoms with Gasteiger partial charge in [-0.2, -0.15) is 0 Å². The molecule has 19 heavy (non-hydrogen) atoms. The van der Waals surface area contributed by atoms with Crippen molar-refractivity contribution in [2.75, 3.05) is 0 Å². The van der Waals surface area contributed by atoms with Crippen molar-refractivity contribution < 1.29 is 15.7 Å². The van der Waals surface area contributed by atoms with Crippen LogP contribution < -0.4 is 0 Å². The summed E-state index contributed by atoms with van der Waals surface area (Å²) in [6.07, 6.45) is 2.78. The van der Waals surface area contributed by atoms with Crippen LogP contribution in [0.25, 0.3) is 0 Å². The Morgan fingerprint density at radius 2 is 1.37 bits per heavy atom. The van der Waals surface area contributed by atoms with E-state index in [0.717, 1.165) is 17.3 Å². The summed E-state index contributed by atoms with van der Waals surface area (Å²) in [5.74, 6) is 0.125. The minimum absolute atomic E-state index is 0.210. The third kappa shape index (κ3) is 11.3. The number of unbranched alkanes of at least 4 members (excludes halogenated alkanes) is 1. The number of hydrogen-bond donors (Lipinski definition) is 0. The maximum atomic E-state index is 11.7. The summed E-state index contributed by atoms with van der Waals surface area (Å²) >= 11 is -2.79. The van der Waals surface area contributed by atoms with Crippen LogP contribution in [0.15, 0.2) is 0 Å². The molecule has 0 bridgehead atoms. The molecular formula is C14H27O4Sn. The average Bonchev–Trinajstić information content (AvgIpc) is 2.23. The first-order chi connectivity index (χ1) is 8.85. The number of hydrogen-bond acceptors (Lipinski definition) is 4. The normalized spacial score (nSPS) is 11.2. The fourth-order valence-electron chi connectivity index (χ4n) is 1.45. The van der Waals surface area contributed by atoms with E-state index in [1.165, 1.54) is 0 Å². The standard InChI is InChI=1S/2C5H10O2.C4H9.Sn/c2*1-4(2)3-5(6)7;1-3-4-2;/h2*4H,3H2,1-2H3,(H,6,7);1,3-4H2,2H3;/q;;;+2/p-2. The fraction of sp³-hybridized carbons (Fsp3) is 0.857. The van der Waals surface area contributed by atoms with Crippen LogP contribution in [-0.4, -0.2) is 32.5 Å². The van der Waals surface area contributed by atoms with Gasteiger partial charge < -0.3 is 0 Å². The van der Waals surface area contributed by atoms with Crippen molar-refractivity contribution in [1.29, 1.82) is 0 Å². The fourth-order valence-corrected chi connectivity index (χ4v) is 5.91. The number of carbonyl (C=O) groups excluding carboxylic acids is 2. The second-order valence-corrected chi connectivity index (χ2v) is 10.3. The second kappa shape index (κ2) is 10.5. The van der Waals surface area contributed by atoms with Gasteiger partial charge in [-0.1, -0.05) is 0 Å². The molecule has 0 heterocycles. The van der Waals surface area contributed by atoms with Crippen molar-refractivity contribution in [3.8, 4) is 0 Å². The van der Waals surface area contributed by atoms with Crippen LogP contribution in [0.4, 0.5) is 0 Å². The quantitative estimate of drug-likeness (QED) is 0.577. The zero-order chi connectivity index (χ0) is 14.8. The Morgan fingerprint density at radius 3 is 1.68 bits per heavy atom. The van der Waals surface area contributed by atoms with Gasteiger partial charge in [-0.15, -0.1) is 0 Å². The van der Waals surface area contributed by atoms with Gasteiger partial charge in [-0.3, -0.25) is 0 Å². The Balaban J connectivity index is 4.29. The molecule has 0 aromatic rings. The Morgan fingerprint density at radius 1 is 0.947 bits per heavy atom. The minimum atomic E-state index is -2.79. The number of rotatable bonds is 9. The van der Waals surface area contributed by atoms with Crippen LogP contribution in [0, 0.1) is 11.8 Å². The predicted octanol–water partition coefficient (Wildman–Crippen LogP) is 3.45. The summed E-state index contributed by atoms with van der Waals surface area (Å²) in [5, 5.41) is 0. The molecule has 0 rings (SSSR count). The first-order valence-corrected chi connectivity index (χ1v) is 11.5. The third-order valence-electron chi connectivity index (χ3n) is 2.34. The molecule has 0 aromatic carbocycles. The Hall–Kier alpha value is -0.261. The number of carbonyl (C=O) groups is 2. The van der Waals surface area contributed by atoms with Crippen LogP contribution in [0.2, 0.25) is 4.44 Å². The van der Waals surface area contributed by atoms with Crippen LogP contribution in [0.3, 0.4) is 0 Å². The molecule has 0 spiro atoms. The van der Waals surface area contributed by atoms with Gasteiger partial charge in [-0.25, -0.2) is 0 Å². The Labute approximate surface area is 125 Å². The molecule has 0 N–H and O–H groups in total. The van der Waals surface area contributed by atoms with Gasteiger partial charge in [0.25, 0.3) is 0 Å².